The van der Waals surface area contributed by atoms with Crippen LogP contribution in [0.25, 0.3) is 0 Å². The van der Waals surface area contributed by atoms with Crippen molar-refractivity contribution in [1.29, 1.82) is 0 Å². The van der Waals surface area contributed by atoms with E-state index in [2.05, 4.69) is 0 Å². The van der Waals surface area contributed by atoms with Crippen LogP contribution in [-0.2, 0) is 16.4 Å². The van der Waals surface area contributed by atoms with Crippen LogP contribution in [0.2, 0.25) is 0 Å². The van der Waals surface area contributed by atoms with E-state index in [0.717, 1.165) is 44.2 Å². The zero-order chi connectivity index (χ0) is 19.2. The molecule has 2 bridgehead atoms. The molecule has 1 aliphatic carbocycles. The highest BCUT2D eigenvalue weighted by Gasteiger charge is 2.53. The number of fused-ring (bicyclic) bond motifs is 2. The number of piperidine rings is 1. The van der Waals surface area contributed by atoms with E-state index in [0.29, 0.717) is 13.1 Å². The Bertz CT molecular complexity index is 793. The molecule has 2 heterocycles. The lowest BCUT2D eigenvalue weighted by molar-refractivity contribution is -0.137. The molecule has 1 aromatic rings. The fourth-order valence-corrected chi connectivity index (χ4v) is 6.75. The molecule has 1 aromatic carbocycles. The van der Waals surface area contributed by atoms with Gasteiger partial charge >= 0.3 is 6.18 Å². The van der Waals surface area contributed by atoms with Gasteiger partial charge in [-0.2, -0.15) is 30.2 Å². The van der Waals surface area contributed by atoms with Crippen LogP contribution in [-0.4, -0.2) is 48.8 Å². The number of hydrogen-bond donors (Lipinski definition) is 0. The van der Waals surface area contributed by atoms with Gasteiger partial charge in [-0.15, -0.1) is 0 Å². The van der Waals surface area contributed by atoms with Crippen molar-refractivity contribution in [3.63, 3.8) is 0 Å². The first kappa shape index (κ1) is 19.0. The lowest BCUT2D eigenvalue weighted by Gasteiger charge is -2.36. The summed E-state index contributed by atoms with van der Waals surface area (Å²) in [5.74, 6) is 0.323. The van der Waals surface area contributed by atoms with Gasteiger partial charge in [0.1, 0.15) is 12.4 Å². The summed E-state index contributed by atoms with van der Waals surface area (Å²) in [6.07, 6.45) is -0.106. The first-order valence-electron chi connectivity index (χ1n) is 9.35. The van der Waals surface area contributed by atoms with Crippen molar-refractivity contribution >= 4 is 10.2 Å². The fraction of sp³-hybridized carbons (Fsp3) is 0.667. The highest BCUT2D eigenvalue weighted by atomic mass is 32.2. The fourth-order valence-electron chi connectivity index (χ4n) is 4.62. The molecule has 0 radical (unpaired) electrons. The van der Waals surface area contributed by atoms with E-state index in [4.69, 9.17) is 4.74 Å². The molecule has 9 heteroatoms. The Labute approximate surface area is 157 Å². The summed E-state index contributed by atoms with van der Waals surface area (Å²) < 4.78 is 73.5. The van der Waals surface area contributed by atoms with Gasteiger partial charge < -0.3 is 4.74 Å². The lowest BCUT2D eigenvalue weighted by atomic mass is 10.0. The molecular formula is C18H23F3N2O3S. The van der Waals surface area contributed by atoms with Crippen LogP contribution in [0.5, 0.6) is 5.75 Å². The largest absolute Gasteiger partial charge is 0.492 e. The zero-order valence-electron chi connectivity index (χ0n) is 14.9. The standard InChI is InChI=1S/C18H23F3N2O3S/c19-18(20,21)14-4-3-5-16(11-14)26-12-17-13-6-7-15(10-13)23(17)27(24,25)22-8-1-2-9-22/h3-5,11,13,15,17H,1-2,6-10,12H2/t13-,15-,17-/m0/s1. The zero-order valence-corrected chi connectivity index (χ0v) is 15.7. The Morgan fingerprint density at radius 2 is 1.89 bits per heavy atom. The molecule has 5 nitrogen and oxygen atoms in total. The highest BCUT2D eigenvalue weighted by Crippen LogP contribution is 2.45. The molecule has 0 N–H and O–H groups in total. The first-order valence-corrected chi connectivity index (χ1v) is 10.7. The van der Waals surface area contributed by atoms with Crippen molar-refractivity contribution < 1.29 is 26.3 Å². The number of nitrogens with zero attached hydrogens (tertiary/aromatic N) is 2. The Morgan fingerprint density at radius 1 is 1.15 bits per heavy atom. The minimum atomic E-state index is -4.43. The van der Waals surface area contributed by atoms with Gasteiger partial charge in [0, 0.05) is 19.1 Å². The average Bonchev–Trinajstić information content (AvgIpc) is 3.35. The molecule has 2 aliphatic heterocycles. The monoisotopic (exact) mass is 404 g/mol. The number of alkyl halides is 3. The maximum Gasteiger partial charge on any atom is 0.416 e. The third-order valence-corrected chi connectivity index (χ3v) is 8.04. The van der Waals surface area contributed by atoms with Crippen molar-refractivity contribution in [3.8, 4) is 5.75 Å². The summed E-state index contributed by atoms with van der Waals surface area (Å²) in [5.41, 5.74) is -0.769. The Balaban J connectivity index is 1.51. The van der Waals surface area contributed by atoms with Gasteiger partial charge in [-0.1, -0.05) is 6.07 Å². The maximum absolute atomic E-state index is 13.1. The summed E-state index contributed by atoms with van der Waals surface area (Å²) in [7, 11) is -3.55. The van der Waals surface area contributed by atoms with Crippen LogP contribution in [0, 0.1) is 5.92 Å². The molecule has 3 fully saturated rings. The number of halogens is 3. The van der Waals surface area contributed by atoms with E-state index >= 15 is 0 Å². The summed E-state index contributed by atoms with van der Waals surface area (Å²) >= 11 is 0. The highest BCUT2D eigenvalue weighted by molar-refractivity contribution is 7.86. The molecule has 0 unspecified atom stereocenters. The van der Waals surface area contributed by atoms with Gasteiger partial charge in [-0.25, -0.2) is 0 Å². The minimum Gasteiger partial charge on any atom is -0.492 e. The second-order valence-corrected chi connectivity index (χ2v) is 9.41. The third-order valence-electron chi connectivity index (χ3n) is 5.92. The third kappa shape index (κ3) is 3.56. The van der Waals surface area contributed by atoms with Crippen LogP contribution >= 0.6 is 0 Å². The van der Waals surface area contributed by atoms with Crippen molar-refractivity contribution in [2.24, 2.45) is 5.92 Å². The Morgan fingerprint density at radius 3 is 2.59 bits per heavy atom. The van der Waals surface area contributed by atoms with Crippen LogP contribution < -0.4 is 4.74 Å². The predicted molar refractivity (Wildman–Crippen MR) is 93.4 cm³/mol. The van der Waals surface area contributed by atoms with E-state index in [1.165, 1.54) is 16.4 Å². The Hall–Kier alpha value is -1.32. The molecule has 0 aromatic heterocycles. The predicted octanol–water partition coefficient (Wildman–Crippen LogP) is 3.28. The van der Waals surface area contributed by atoms with E-state index in [9.17, 15) is 21.6 Å². The van der Waals surface area contributed by atoms with Crippen LogP contribution in [0.4, 0.5) is 13.2 Å². The van der Waals surface area contributed by atoms with Gasteiger partial charge in [-0.05, 0) is 56.2 Å². The molecule has 4 rings (SSSR count). The molecule has 3 aliphatic rings. The SMILES string of the molecule is O=S(=O)(N1CCCC1)N1[C@H]2CC[C@@H](C2)[C@@H]1COc1cccc(C(F)(F)F)c1. The molecule has 150 valence electrons. The molecule has 0 amide bonds. The number of ether oxygens (including phenoxy) is 1. The van der Waals surface area contributed by atoms with Crippen molar-refractivity contribution in [1.82, 2.24) is 8.61 Å². The molecular weight excluding hydrogens is 381 g/mol. The summed E-state index contributed by atoms with van der Waals surface area (Å²) in [4.78, 5) is 0. The Kier molecular flexibility index (Phi) is 4.88. The quantitative estimate of drug-likeness (QED) is 0.757. The molecule has 27 heavy (non-hydrogen) atoms. The van der Waals surface area contributed by atoms with Crippen LogP contribution in [0.15, 0.2) is 24.3 Å². The maximum atomic E-state index is 13.1. The van der Waals surface area contributed by atoms with Crippen LogP contribution in [0.1, 0.15) is 37.7 Å². The van der Waals surface area contributed by atoms with Crippen molar-refractivity contribution in [3.05, 3.63) is 29.8 Å². The summed E-state index contributed by atoms with van der Waals surface area (Å²) in [5, 5.41) is 0. The van der Waals surface area contributed by atoms with Gasteiger partial charge in [0.15, 0.2) is 0 Å². The molecule has 1 saturated carbocycles. The lowest BCUT2D eigenvalue weighted by Crippen LogP contribution is -2.52. The second-order valence-electron chi connectivity index (χ2n) is 7.57. The van der Waals surface area contributed by atoms with Crippen molar-refractivity contribution in [2.75, 3.05) is 19.7 Å². The van der Waals surface area contributed by atoms with E-state index < -0.39 is 21.9 Å². The number of benzene rings is 1. The van der Waals surface area contributed by atoms with Gasteiger partial charge in [-0.3, -0.25) is 0 Å². The smallest absolute Gasteiger partial charge is 0.416 e. The second kappa shape index (κ2) is 6.93. The first-order chi connectivity index (χ1) is 12.8. The summed E-state index contributed by atoms with van der Waals surface area (Å²) in [6.45, 7) is 1.16. The average molecular weight is 404 g/mol. The van der Waals surface area contributed by atoms with E-state index in [1.807, 2.05) is 0 Å². The van der Waals surface area contributed by atoms with Gasteiger partial charge in [0.25, 0.3) is 10.2 Å². The number of hydrogen-bond acceptors (Lipinski definition) is 3. The molecule has 2 saturated heterocycles. The van der Waals surface area contributed by atoms with Gasteiger partial charge in [0.05, 0.1) is 11.6 Å². The minimum absolute atomic E-state index is 0.0179. The number of rotatable bonds is 5. The van der Waals surface area contributed by atoms with E-state index in [1.54, 1.807) is 4.31 Å². The van der Waals surface area contributed by atoms with E-state index in [-0.39, 0.29) is 30.4 Å². The topological polar surface area (TPSA) is 49.9 Å². The van der Waals surface area contributed by atoms with Crippen molar-refractivity contribution in [2.45, 2.75) is 50.4 Å². The summed E-state index contributed by atoms with van der Waals surface area (Å²) in [6, 6.07) is 4.40. The molecule has 3 atom stereocenters. The normalized spacial score (nSPS) is 29.5. The molecule has 0 spiro atoms. The van der Waals surface area contributed by atoms with Crippen LogP contribution in [0.3, 0.4) is 0 Å². The van der Waals surface area contributed by atoms with Gasteiger partial charge in [0.2, 0.25) is 0 Å².